The molecule has 2 aromatic heterocycles. The fourth-order valence-electron chi connectivity index (χ4n) is 4.02. The summed E-state index contributed by atoms with van der Waals surface area (Å²) in [5.74, 6) is 2.18. The number of H-pyrrole nitrogens is 1. The Morgan fingerprint density at radius 1 is 1.05 bits per heavy atom. The van der Waals surface area contributed by atoms with Gasteiger partial charge in [0.05, 0.1) is 40.3 Å². The maximum atomic E-state index is 5.93. The van der Waals surface area contributed by atoms with E-state index < -0.39 is 0 Å². The molecule has 192 valence electrons. The van der Waals surface area contributed by atoms with Crippen molar-refractivity contribution >= 4 is 29.0 Å². The Balaban J connectivity index is 1.30. The predicted octanol–water partition coefficient (Wildman–Crippen LogP) is 3.27. The number of anilines is 2. The summed E-state index contributed by atoms with van der Waals surface area (Å²) in [5.41, 5.74) is 5.97. The van der Waals surface area contributed by atoms with Gasteiger partial charge < -0.3 is 28.8 Å². The van der Waals surface area contributed by atoms with Crippen molar-refractivity contribution in [2.45, 2.75) is 6.42 Å². The fraction of sp³-hybridized carbons (Fsp3) is 0.308. The number of nitrogens with zero attached hydrogens (tertiary/aromatic N) is 5. The molecule has 3 heterocycles. The maximum Gasteiger partial charge on any atom is 0.323 e. The molecule has 0 radical (unpaired) electrons. The molecule has 11 nitrogen and oxygen atoms in total. The van der Waals surface area contributed by atoms with Gasteiger partial charge in [-0.15, -0.1) is 0 Å². The number of ether oxygens (including phenoxy) is 4. The van der Waals surface area contributed by atoms with E-state index in [0.717, 1.165) is 22.0 Å². The van der Waals surface area contributed by atoms with Crippen LogP contribution < -0.4 is 24.5 Å². The van der Waals surface area contributed by atoms with Crippen molar-refractivity contribution in [3.8, 4) is 17.5 Å². The number of aromatic amines is 1. The lowest BCUT2D eigenvalue weighted by atomic mass is 10.1. The summed E-state index contributed by atoms with van der Waals surface area (Å²) in [7, 11) is 3.23. The molecule has 1 fully saturated rings. The van der Waals surface area contributed by atoms with Crippen LogP contribution in [-0.4, -0.2) is 73.3 Å². The van der Waals surface area contributed by atoms with Crippen LogP contribution in [0.3, 0.4) is 0 Å². The molecule has 0 unspecified atom stereocenters. The highest BCUT2D eigenvalue weighted by atomic mass is 16.5. The molecule has 1 aliphatic heterocycles. The highest BCUT2D eigenvalue weighted by Crippen LogP contribution is 2.27. The molecule has 0 aliphatic carbocycles. The average Bonchev–Trinajstić information content (AvgIpc) is 3.36. The molecule has 0 amide bonds. The average molecular weight is 504 g/mol. The van der Waals surface area contributed by atoms with Crippen LogP contribution in [0.15, 0.2) is 53.8 Å². The van der Waals surface area contributed by atoms with Gasteiger partial charge in [-0.1, -0.05) is 24.3 Å². The number of rotatable bonds is 10. The van der Waals surface area contributed by atoms with Crippen molar-refractivity contribution in [1.29, 1.82) is 0 Å². The van der Waals surface area contributed by atoms with E-state index in [-0.39, 0.29) is 6.01 Å². The first-order chi connectivity index (χ1) is 18.2. The molecule has 37 heavy (non-hydrogen) atoms. The van der Waals surface area contributed by atoms with E-state index in [4.69, 9.17) is 18.9 Å². The lowest BCUT2D eigenvalue weighted by Gasteiger charge is -2.26. The standard InChI is InChI=1S/C26H29N7O4/c1-34-22-8-7-18(15-23(22)35-2)9-12-37-26-30-24(29-25(31-26)33-10-13-36-14-11-33)32-28-17-19-16-27-21-6-4-3-5-20(19)21/h3-8,15-17,27H,9-14H2,1-2H3,(H,29,30,31,32)/b28-17-. The van der Waals surface area contributed by atoms with Gasteiger partial charge in [0.25, 0.3) is 5.95 Å². The number of para-hydroxylation sites is 1. The molecule has 2 N–H and O–H groups in total. The molecule has 4 aromatic rings. The largest absolute Gasteiger partial charge is 0.493 e. The smallest absolute Gasteiger partial charge is 0.323 e. The number of hydrogen-bond acceptors (Lipinski definition) is 10. The Morgan fingerprint density at radius 3 is 2.73 bits per heavy atom. The van der Waals surface area contributed by atoms with E-state index in [1.54, 1.807) is 20.4 Å². The number of hydrogen-bond donors (Lipinski definition) is 2. The number of hydrazone groups is 1. The Morgan fingerprint density at radius 2 is 1.89 bits per heavy atom. The third kappa shape index (κ3) is 5.89. The van der Waals surface area contributed by atoms with E-state index in [1.165, 1.54) is 0 Å². The molecule has 1 saturated heterocycles. The zero-order valence-electron chi connectivity index (χ0n) is 20.8. The molecule has 0 bridgehead atoms. The van der Waals surface area contributed by atoms with Crippen LogP contribution in [0.2, 0.25) is 0 Å². The Bertz CT molecular complexity index is 1370. The van der Waals surface area contributed by atoms with Crippen LogP contribution in [0.4, 0.5) is 11.9 Å². The highest BCUT2D eigenvalue weighted by molar-refractivity contribution is 5.99. The quantitative estimate of drug-likeness (QED) is 0.248. The minimum absolute atomic E-state index is 0.224. The van der Waals surface area contributed by atoms with Crippen molar-refractivity contribution in [2.75, 3.05) is 57.5 Å². The Labute approximate surface area is 214 Å². The van der Waals surface area contributed by atoms with Gasteiger partial charge >= 0.3 is 6.01 Å². The zero-order chi connectivity index (χ0) is 25.5. The molecule has 0 spiro atoms. The summed E-state index contributed by atoms with van der Waals surface area (Å²) in [4.78, 5) is 18.8. The lowest BCUT2D eigenvalue weighted by molar-refractivity contribution is 0.122. The van der Waals surface area contributed by atoms with Crippen LogP contribution in [0.25, 0.3) is 10.9 Å². The Hall–Kier alpha value is -4.38. The molecule has 2 aromatic carbocycles. The van der Waals surface area contributed by atoms with Gasteiger partial charge in [-0.05, 0) is 23.8 Å². The second kappa shape index (κ2) is 11.6. The summed E-state index contributed by atoms with van der Waals surface area (Å²) in [5, 5.41) is 5.43. The van der Waals surface area contributed by atoms with Crippen LogP contribution in [0.1, 0.15) is 11.1 Å². The normalized spacial score (nSPS) is 13.7. The van der Waals surface area contributed by atoms with Crippen LogP contribution in [0, 0.1) is 0 Å². The molecule has 5 rings (SSSR count). The summed E-state index contributed by atoms with van der Waals surface area (Å²) in [6, 6.07) is 14.0. The molecule has 0 atom stereocenters. The van der Waals surface area contributed by atoms with Gasteiger partial charge in [-0.2, -0.15) is 20.1 Å². The van der Waals surface area contributed by atoms with Gasteiger partial charge in [0, 0.05) is 42.2 Å². The monoisotopic (exact) mass is 503 g/mol. The molecule has 11 heteroatoms. The summed E-state index contributed by atoms with van der Waals surface area (Å²) in [6.07, 6.45) is 4.28. The van der Waals surface area contributed by atoms with Gasteiger partial charge in [0.15, 0.2) is 11.5 Å². The summed E-state index contributed by atoms with van der Waals surface area (Å²) < 4.78 is 22.1. The maximum absolute atomic E-state index is 5.93. The second-order valence-corrected chi connectivity index (χ2v) is 8.29. The number of aromatic nitrogens is 4. The minimum Gasteiger partial charge on any atom is -0.493 e. The third-order valence-corrected chi connectivity index (χ3v) is 5.96. The summed E-state index contributed by atoms with van der Waals surface area (Å²) >= 11 is 0. The van der Waals surface area contributed by atoms with Crippen molar-refractivity contribution in [3.63, 3.8) is 0 Å². The SMILES string of the molecule is COc1ccc(CCOc2nc(N/N=C\c3c[nH]c4ccccc34)nc(N3CCOCC3)n2)cc1OC. The van der Waals surface area contributed by atoms with Crippen LogP contribution >= 0.6 is 0 Å². The van der Waals surface area contributed by atoms with Crippen LogP contribution in [-0.2, 0) is 11.2 Å². The fourth-order valence-corrected chi connectivity index (χ4v) is 4.02. The van der Waals surface area contributed by atoms with Gasteiger partial charge in [-0.3, -0.25) is 0 Å². The van der Waals surface area contributed by atoms with Crippen molar-refractivity contribution in [3.05, 3.63) is 59.8 Å². The first kappa shape index (κ1) is 24.3. The highest BCUT2D eigenvalue weighted by Gasteiger charge is 2.17. The number of nitrogens with one attached hydrogen (secondary N) is 2. The van der Waals surface area contributed by atoms with Crippen molar-refractivity contribution in [1.82, 2.24) is 19.9 Å². The number of morpholine rings is 1. The Kier molecular flexibility index (Phi) is 7.60. The third-order valence-electron chi connectivity index (χ3n) is 5.96. The predicted molar refractivity (Wildman–Crippen MR) is 141 cm³/mol. The van der Waals surface area contributed by atoms with Crippen LogP contribution in [0.5, 0.6) is 17.5 Å². The topological polar surface area (TPSA) is 119 Å². The lowest BCUT2D eigenvalue weighted by Crippen LogP contribution is -2.37. The van der Waals surface area contributed by atoms with Gasteiger partial charge in [0.2, 0.25) is 5.95 Å². The molecule has 1 aliphatic rings. The number of fused-ring (bicyclic) bond motifs is 1. The molecule has 0 saturated carbocycles. The van der Waals surface area contributed by atoms with E-state index >= 15 is 0 Å². The van der Waals surface area contributed by atoms with Gasteiger partial charge in [0.1, 0.15) is 0 Å². The second-order valence-electron chi connectivity index (χ2n) is 8.29. The molecular formula is C26H29N7O4. The van der Waals surface area contributed by atoms with Gasteiger partial charge in [-0.25, -0.2) is 5.43 Å². The van der Waals surface area contributed by atoms with E-state index in [9.17, 15) is 0 Å². The first-order valence-electron chi connectivity index (χ1n) is 12.0. The van der Waals surface area contributed by atoms with Crippen molar-refractivity contribution in [2.24, 2.45) is 5.10 Å². The van der Waals surface area contributed by atoms with E-state index in [1.807, 2.05) is 53.6 Å². The number of benzene rings is 2. The number of methoxy groups -OCH3 is 2. The zero-order valence-corrected chi connectivity index (χ0v) is 20.8. The summed E-state index contributed by atoms with van der Waals surface area (Å²) in [6.45, 7) is 2.98. The van der Waals surface area contributed by atoms with E-state index in [2.05, 4.69) is 30.5 Å². The minimum atomic E-state index is 0.224. The first-order valence-corrected chi connectivity index (χ1v) is 12.0. The van der Waals surface area contributed by atoms with E-state index in [0.29, 0.717) is 62.7 Å². The molecular weight excluding hydrogens is 474 g/mol. The van der Waals surface area contributed by atoms with Crippen molar-refractivity contribution < 1.29 is 18.9 Å².